The van der Waals surface area contributed by atoms with Gasteiger partial charge in [-0.1, -0.05) is 13.8 Å². The van der Waals surface area contributed by atoms with E-state index in [4.69, 9.17) is 0 Å². The molecule has 1 aromatic rings. The molecule has 0 spiro atoms. The molecule has 0 unspecified atom stereocenters. The SMILES string of the molecule is CCCN(CC)CCNCCCn1ccnc1. The monoisotopic (exact) mass is 238 g/mol. The Morgan fingerprint density at radius 1 is 1.24 bits per heavy atom. The van der Waals surface area contributed by atoms with E-state index < -0.39 is 0 Å². The molecule has 0 fully saturated rings. The van der Waals surface area contributed by atoms with Crippen LogP contribution in [0.2, 0.25) is 0 Å². The van der Waals surface area contributed by atoms with E-state index in [1.54, 1.807) is 0 Å². The van der Waals surface area contributed by atoms with Gasteiger partial charge in [-0.15, -0.1) is 0 Å². The minimum Gasteiger partial charge on any atom is -0.337 e. The molecule has 0 aromatic carbocycles. The van der Waals surface area contributed by atoms with Crippen LogP contribution in [0, 0.1) is 0 Å². The summed E-state index contributed by atoms with van der Waals surface area (Å²) in [4.78, 5) is 6.52. The summed E-state index contributed by atoms with van der Waals surface area (Å²) in [7, 11) is 0. The average Bonchev–Trinajstić information content (AvgIpc) is 2.85. The maximum atomic E-state index is 4.03. The van der Waals surface area contributed by atoms with Crippen LogP contribution in [-0.4, -0.2) is 47.2 Å². The third kappa shape index (κ3) is 6.44. The molecule has 0 saturated carbocycles. The van der Waals surface area contributed by atoms with Gasteiger partial charge in [0, 0.05) is 32.0 Å². The number of hydrogen-bond acceptors (Lipinski definition) is 3. The van der Waals surface area contributed by atoms with Gasteiger partial charge in [-0.2, -0.15) is 0 Å². The lowest BCUT2D eigenvalue weighted by Gasteiger charge is -2.19. The third-order valence-electron chi connectivity index (χ3n) is 2.92. The Kier molecular flexibility index (Phi) is 7.67. The summed E-state index contributed by atoms with van der Waals surface area (Å²) in [5, 5.41) is 3.50. The van der Waals surface area contributed by atoms with Gasteiger partial charge in [-0.25, -0.2) is 4.98 Å². The number of aryl methyl sites for hydroxylation is 1. The predicted molar refractivity (Wildman–Crippen MR) is 72.1 cm³/mol. The van der Waals surface area contributed by atoms with Crippen molar-refractivity contribution in [3.05, 3.63) is 18.7 Å². The zero-order chi connectivity index (χ0) is 12.3. The zero-order valence-electron chi connectivity index (χ0n) is 11.2. The van der Waals surface area contributed by atoms with Crippen LogP contribution in [0.25, 0.3) is 0 Å². The highest BCUT2D eigenvalue weighted by Crippen LogP contribution is 1.90. The molecule has 0 saturated heterocycles. The Morgan fingerprint density at radius 2 is 2.12 bits per heavy atom. The summed E-state index contributed by atoms with van der Waals surface area (Å²) >= 11 is 0. The molecular weight excluding hydrogens is 212 g/mol. The maximum Gasteiger partial charge on any atom is 0.0945 e. The number of imidazole rings is 1. The van der Waals surface area contributed by atoms with Gasteiger partial charge in [-0.3, -0.25) is 0 Å². The van der Waals surface area contributed by atoms with Crippen LogP contribution in [0.5, 0.6) is 0 Å². The Hall–Kier alpha value is -0.870. The highest BCUT2D eigenvalue weighted by Gasteiger charge is 1.99. The number of hydrogen-bond donors (Lipinski definition) is 1. The summed E-state index contributed by atoms with van der Waals surface area (Å²) in [5.74, 6) is 0. The maximum absolute atomic E-state index is 4.03. The van der Waals surface area contributed by atoms with Gasteiger partial charge < -0.3 is 14.8 Å². The number of nitrogens with one attached hydrogen (secondary N) is 1. The second kappa shape index (κ2) is 9.19. The molecule has 17 heavy (non-hydrogen) atoms. The van der Waals surface area contributed by atoms with Crippen molar-refractivity contribution >= 4 is 0 Å². The lowest BCUT2D eigenvalue weighted by molar-refractivity contribution is 0.287. The largest absolute Gasteiger partial charge is 0.337 e. The molecule has 0 radical (unpaired) electrons. The van der Waals surface area contributed by atoms with Crippen molar-refractivity contribution in [3.8, 4) is 0 Å². The molecule has 0 aliphatic carbocycles. The molecule has 4 nitrogen and oxygen atoms in total. The molecule has 1 rings (SSSR count). The molecule has 1 N–H and O–H groups in total. The van der Waals surface area contributed by atoms with Crippen LogP contribution < -0.4 is 5.32 Å². The predicted octanol–water partition coefficient (Wildman–Crippen LogP) is 1.59. The highest BCUT2D eigenvalue weighted by molar-refractivity contribution is 4.73. The first kappa shape index (κ1) is 14.2. The number of likely N-dealkylation sites (N-methyl/N-ethyl adjacent to an activating group) is 1. The second-order valence-electron chi connectivity index (χ2n) is 4.34. The van der Waals surface area contributed by atoms with E-state index in [0.717, 1.165) is 39.1 Å². The van der Waals surface area contributed by atoms with E-state index in [9.17, 15) is 0 Å². The fourth-order valence-electron chi connectivity index (χ4n) is 1.91. The van der Waals surface area contributed by atoms with Crippen LogP contribution in [0.3, 0.4) is 0 Å². The van der Waals surface area contributed by atoms with Crippen molar-refractivity contribution in [3.63, 3.8) is 0 Å². The van der Waals surface area contributed by atoms with Crippen molar-refractivity contribution in [2.24, 2.45) is 0 Å². The molecule has 0 aliphatic rings. The first-order chi connectivity index (χ1) is 8.36. The Bertz CT molecular complexity index is 258. The average molecular weight is 238 g/mol. The first-order valence-corrected chi connectivity index (χ1v) is 6.75. The molecule has 0 bridgehead atoms. The summed E-state index contributed by atoms with van der Waals surface area (Å²) in [6.45, 7) is 11.2. The van der Waals surface area contributed by atoms with E-state index in [2.05, 4.69) is 33.6 Å². The van der Waals surface area contributed by atoms with Crippen molar-refractivity contribution < 1.29 is 0 Å². The second-order valence-corrected chi connectivity index (χ2v) is 4.34. The number of aromatic nitrogens is 2. The minimum atomic E-state index is 1.06. The molecule has 0 aliphatic heterocycles. The lowest BCUT2D eigenvalue weighted by atomic mass is 10.4. The van der Waals surface area contributed by atoms with Gasteiger partial charge in [0.2, 0.25) is 0 Å². The van der Waals surface area contributed by atoms with Gasteiger partial charge in [0.15, 0.2) is 0 Å². The summed E-state index contributed by atoms with van der Waals surface area (Å²) < 4.78 is 2.12. The van der Waals surface area contributed by atoms with Crippen LogP contribution in [0.4, 0.5) is 0 Å². The fraction of sp³-hybridized carbons (Fsp3) is 0.769. The van der Waals surface area contributed by atoms with Crippen molar-refractivity contribution in [1.82, 2.24) is 19.8 Å². The van der Waals surface area contributed by atoms with Gasteiger partial charge in [0.1, 0.15) is 0 Å². The Labute approximate surface area is 105 Å². The smallest absolute Gasteiger partial charge is 0.0945 e. The van der Waals surface area contributed by atoms with Gasteiger partial charge in [0.05, 0.1) is 6.33 Å². The van der Waals surface area contributed by atoms with Gasteiger partial charge in [-0.05, 0) is 32.5 Å². The lowest BCUT2D eigenvalue weighted by Crippen LogP contribution is -2.33. The normalized spacial score (nSPS) is 11.2. The van der Waals surface area contributed by atoms with Crippen molar-refractivity contribution in [1.29, 1.82) is 0 Å². The van der Waals surface area contributed by atoms with E-state index in [0.29, 0.717) is 0 Å². The number of rotatable bonds is 10. The molecule has 1 heterocycles. The van der Waals surface area contributed by atoms with Crippen LogP contribution in [0.1, 0.15) is 26.7 Å². The van der Waals surface area contributed by atoms with E-state index in [1.807, 2.05) is 18.7 Å². The first-order valence-electron chi connectivity index (χ1n) is 6.75. The standard InChI is InChI=1S/C13H26N4/c1-3-9-16(4-2)11-7-14-6-5-10-17-12-8-15-13-17/h8,12-14H,3-7,9-11H2,1-2H3. The Balaban J connectivity index is 1.93. The third-order valence-corrected chi connectivity index (χ3v) is 2.92. The molecular formula is C13H26N4. The summed E-state index contributed by atoms with van der Waals surface area (Å²) in [5.41, 5.74) is 0. The zero-order valence-corrected chi connectivity index (χ0v) is 11.2. The van der Waals surface area contributed by atoms with Crippen LogP contribution >= 0.6 is 0 Å². The quantitative estimate of drug-likeness (QED) is 0.629. The minimum absolute atomic E-state index is 1.06. The van der Waals surface area contributed by atoms with Crippen molar-refractivity contribution in [2.75, 3.05) is 32.7 Å². The van der Waals surface area contributed by atoms with E-state index in [-0.39, 0.29) is 0 Å². The van der Waals surface area contributed by atoms with Gasteiger partial charge >= 0.3 is 0 Å². The summed E-state index contributed by atoms with van der Waals surface area (Å²) in [6, 6.07) is 0. The molecule has 1 aromatic heterocycles. The van der Waals surface area contributed by atoms with Crippen LogP contribution in [0.15, 0.2) is 18.7 Å². The molecule has 0 atom stereocenters. The summed E-state index contributed by atoms with van der Waals surface area (Å²) in [6.07, 6.45) is 8.13. The topological polar surface area (TPSA) is 33.1 Å². The molecule has 0 amide bonds. The van der Waals surface area contributed by atoms with Crippen molar-refractivity contribution in [2.45, 2.75) is 33.2 Å². The fourth-order valence-corrected chi connectivity index (χ4v) is 1.91. The van der Waals surface area contributed by atoms with E-state index in [1.165, 1.54) is 13.0 Å². The highest BCUT2D eigenvalue weighted by atomic mass is 15.1. The Morgan fingerprint density at radius 3 is 2.76 bits per heavy atom. The number of nitrogens with zero attached hydrogens (tertiary/aromatic N) is 3. The van der Waals surface area contributed by atoms with Crippen LogP contribution in [-0.2, 0) is 6.54 Å². The van der Waals surface area contributed by atoms with Gasteiger partial charge in [0.25, 0.3) is 0 Å². The molecule has 4 heteroatoms. The molecule has 98 valence electrons. The van der Waals surface area contributed by atoms with E-state index >= 15 is 0 Å².